The van der Waals surface area contributed by atoms with Gasteiger partial charge in [0.2, 0.25) is 0 Å². The number of methoxy groups -OCH3 is 1. The normalized spacial score (nSPS) is 15.7. The summed E-state index contributed by atoms with van der Waals surface area (Å²) in [6, 6.07) is 8.31. The van der Waals surface area contributed by atoms with Gasteiger partial charge in [-0.3, -0.25) is 4.99 Å². The lowest BCUT2D eigenvalue weighted by molar-refractivity contribution is 0.373. The van der Waals surface area contributed by atoms with E-state index in [9.17, 15) is 0 Å². The second-order valence-electron chi connectivity index (χ2n) is 5.40. The van der Waals surface area contributed by atoms with E-state index in [-0.39, 0.29) is 0 Å². The van der Waals surface area contributed by atoms with E-state index in [2.05, 4.69) is 40.4 Å². The van der Waals surface area contributed by atoms with E-state index >= 15 is 0 Å². The third kappa shape index (κ3) is 5.23. The highest BCUT2D eigenvalue weighted by atomic mass is 32.2. The van der Waals surface area contributed by atoms with Crippen LogP contribution in [0.3, 0.4) is 0 Å². The summed E-state index contributed by atoms with van der Waals surface area (Å²) in [6.45, 7) is 7.93. The van der Waals surface area contributed by atoms with Crippen molar-refractivity contribution >= 4 is 23.4 Å². The van der Waals surface area contributed by atoms with Gasteiger partial charge in [-0.05, 0) is 37.4 Å². The highest BCUT2D eigenvalue weighted by Crippen LogP contribution is 2.20. The van der Waals surface area contributed by atoms with E-state index < -0.39 is 0 Å². The zero-order valence-electron chi connectivity index (χ0n) is 14.4. The average molecular weight is 337 g/mol. The number of ether oxygens (including phenoxy) is 1. The van der Waals surface area contributed by atoms with Gasteiger partial charge in [-0.2, -0.15) is 11.8 Å². The maximum Gasteiger partial charge on any atom is 0.194 e. The predicted molar refractivity (Wildman–Crippen MR) is 101 cm³/mol. The predicted octanol–water partition coefficient (Wildman–Crippen LogP) is 2.15. The molecule has 23 heavy (non-hydrogen) atoms. The summed E-state index contributed by atoms with van der Waals surface area (Å²) >= 11 is 1.84. The quantitative estimate of drug-likeness (QED) is 0.490. The molecule has 1 N–H and O–H groups in total. The molecule has 6 heteroatoms. The van der Waals surface area contributed by atoms with E-state index in [4.69, 9.17) is 9.73 Å². The molecule has 128 valence electrons. The number of anilines is 1. The second kappa shape index (κ2) is 9.55. The van der Waals surface area contributed by atoms with Crippen LogP contribution in [0.1, 0.15) is 6.92 Å². The number of guanidine groups is 1. The molecule has 1 fully saturated rings. The van der Waals surface area contributed by atoms with Crippen LogP contribution in [0.15, 0.2) is 29.3 Å². The highest BCUT2D eigenvalue weighted by molar-refractivity contribution is 7.98. The molecule has 1 saturated heterocycles. The smallest absolute Gasteiger partial charge is 0.194 e. The number of nitrogens with zero attached hydrogens (tertiary/aromatic N) is 3. The van der Waals surface area contributed by atoms with Crippen molar-refractivity contribution in [2.45, 2.75) is 6.92 Å². The summed E-state index contributed by atoms with van der Waals surface area (Å²) in [5.74, 6) is 3.03. The van der Waals surface area contributed by atoms with Crippen LogP contribution >= 0.6 is 11.8 Å². The van der Waals surface area contributed by atoms with E-state index in [1.807, 2.05) is 23.9 Å². The number of aliphatic imine (C=N–C) groups is 1. The monoisotopic (exact) mass is 336 g/mol. The molecule has 0 amide bonds. The summed E-state index contributed by atoms with van der Waals surface area (Å²) in [5, 5.41) is 3.41. The van der Waals surface area contributed by atoms with Crippen molar-refractivity contribution in [1.82, 2.24) is 10.2 Å². The Balaban J connectivity index is 1.91. The lowest BCUT2D eigenvalue weighted by Crippen LogP contribution is -2.52. The van der Waals surface area contributed by atoms with Gasteiger partial charge in [0.1, 0.15) is 5.75 Å². The molecule has 5 nitrogen and oxygen atoms in total. The summed E-state index contributed by atoms with van der Waals surface area (Å²) in [4.78, 5) is 9.51. The largest absolute Gasteiger partial charge is 0.497 e. The number of rotatable bonds is 6. The summed E-state index contributed by atoms with van der Waals surface area (Å²) in [5.41, 5.74) is 1.26. The molecule has 0 atom stereocenters. The van der Waals surface area contributed by atoms with Gasteiger partial charge in [-0.15, -0.1) is 0 Å². The van der Waals surface area contributed by atoms with Crippen LogP contribution in [0.4, 0.5) is 5.69 Å². The first-order chi connectivity index (χ1) is 11.3. The lowest BCUT2D eigenvalue weighted by atomic mass is 10.2. The fourth-order valence-electron chi connectivity index (χ4n) is 2.64. The Morgan fingerprint density at radius 1 is 1.22 bits per heavy atom. The molecular formula is C17H28N4OS. The average Bonchev–Trinajstić information content (AvgIpc) is 2.61. The lowest BCUT2D eigenvalue weighted by Gasteiger charge is -2.37. The topological polar surface area (TPSA) is 40.1 Å². The van der Waals surface area contributed by atoms with Gasteiger partial charge in [0.05, 0.1) is 13.7 Å². The van der Waals surface area contributed by atoms with Crippen LogP contribution in [-0.2, 0) is 0 Å². The number of hydrogen-bond donors (Lipinski definition) is 1. The fraction of sp³-hybridized carbons (Fsp3) is 0.588. The Labute approximate surface area is 144 Å². The van der Waals surface area contributed by atoms with Crippen molar-refractivity contribution in [2.75, 3.05) is 63.3 Å². The van der Waals surface area contributed by atoms with Crippen molar-refractivity contribution in [3.8, 4) is 5.75 Å². The minimum absolute atomic E-state index is 0.877. The van der Waals surface area contributed by atoms with Gasteiger partial charge in [0.25, 0.3) is 0 Å². The van der Waals surface area contributed by atoms with Crippen LogP contribution in [0.2, 0.25) is 0 Å². The molecule has 0 aliphatic carbocycles. The van der Waals surface area contributed by atoms with Crippen LogP contribution in [-0.4, -0.2) is 69.2 Å². The van der Waals surface area contributed by atoms with E-state index in [1.165, 1.54) is 5.69 Å². The number of nitrogens with one attached hydrogen (secondary N) is 1. The van der Waals surface area contributed by atoms with Gasteiger partial charge >= 0.3 is 0 Å². The molecule has 1 aromatic rings. The van der Waals surface area contributed by atoms with Crippen molar-refractivity contribution in [3.63, 3.8) is 0 Å². The third-order valence-corrected chi connectivity index (χ3v) is 4.50. The first-order valence-electron chi connectivity index (χ1n) is 8.19. The molecule has 0 saturated carbocycles. The van der Waals surface area contributed by atoms with Crippen LogP contribution < -0.4 is 15.0 Å². The van der Waals surface area contributed by atoms with Gasteiger partial charge in [0, 0.05) is 44.2 Å². The molecule has 0 radical (unpaired) electrons. The highest BCUT2D eigenvalue weighted by Gasteiger charge is 2.19. The molecule has 0 unspecified atom stereocenters. The maximum atomic E-state index is 5.23. The zero-order chi connectivity index (χ0) is 16.5. The summed E-state index contributed by atoms with van der Waals surface area (Å²) < 4.78 is 5.23. The Morgan fingerprint density at radius 3 is 2.48 bits per heavy atom. The first kappa shape index (κ1) is 17.8. The van der Waals surface area contributed by atoms with E-state index in [1.54, 1.807) is 7.11 Å². The first-order valence-corrected chi connectivity index (χ1v) is 9.59. The van der Waals surface area contributed by atoms with E-state index in [0.717, 1.165) is 56.7 Å². The number of hydrogen-bond acceptors (Lipinski definition) is 4. The zero-order valence-corrected chi connectivity index (χ0v) is 15.2. The molecule has 1 aliphatic heterocycles. The Morgan fingerprint density at radius 2 is 1.91 bits per heavy atom. The molecule has 1 heterocycles. The number of benzene rings is 1. The SMILES string of the molecule is CCNC(=NCCSC)N1CCN(c2ccc(OC)cc2)CC1. The van der Waals surface area contributed by atoms with Gasteiger partial charge < -0.3 is 19.9 Å². The minimum Gasteiger partial charge on any atom is -0.497 e. The van der Waals surface area contributed by atoms with Crippen molar-refractivity contribution < 1.29 is 4.74 Å². The van der Waals surface area contributed by atoms with Gasteiger partial charge in [-0.25, -0.2) is 0 Å². The number of thioether (sulfide) groups is 1. The van der Waals surface area contributed by atoms with Crippen molar-refractivity contribution in [1.29, 1.82) is 0 Å². The summed E-state index contributed by atoms with van der Waals surface area (Å²) in [6.07, 6.45) is 2.12. The maximum absolute atomic E-state index is 5.23. The summed E-state index contributed by atoms with van der Waals surface area (Å²) in [7, 11) is 1.70. The van der Waals surface area contributed by atoms with Gasteiger partial charge in [-0.1, -0.05) is 0 Å². The standard InChI is InChI=1S/C17H28N4OS/c1-4-18-17(19-9-14-23-3)21-12-10-20(11-13-21)15-5-7-16(22-2)8-6-15/h5-8H,4,9-14H2,1-3H3,(H,18,19). The Kier molecular flexibility index (Phi) is 7.39. The Bertz CT molecular complexity index is 484. The number of piperazine rings is 1. The molecule has 1 aliphatic rings. The molecule has 0 aromatic heterocycles. The van der Waals surface area contributed by atoms with Crippen molar-refractivity contribution in [2.24, 2.45) is 4.99 Å². The third-order valence-electron chi connectivity index (χ3n) is 3.91. The van der Waals surface area contributed by atoms with Crippen LogP contribution in [0, 0.1) is 0 Å². The molecule has 1 aromatic carbocycles. The van der Waals surface area contributed by atoms with Crippen molar-refractivity contribution in [3.05, 3.63) is 24.3 Å². The minimum atomic E-state index is 0.877. The fourth-order valence-corrected chi connectivity index (χ4v) is 2.91. The molecule has 0 spiro atoms. The van der Waals surface area contributed by atoms with Gasteiger partial charge in [0.15, 0.2) is 5.96 Å². The Hall–Kier alpha value is -1.56. The van der Waals surface area contributed by atoms with Crippen LogP contribution in [0.5, 0.6) is 5.75 Å². The van der Waals surface area contributed by atoms with Crippen LogP contribution in [0.25, 0.3) is 0 Å². The molecule has 0 bridgehead atoms. The van der Waals surface area contributed by atoms with E-state index in [0.29, 0.717) is 0 Å². The molecular weight excluding hydrogens is 308 g/mol. The second-order valence-corrected chi connectivity index (χ2v) is 6.39. The molecule has 2 rings (SSSR count).